The van der Waals surface area contributed by atoms with Crippen LogP contribution in [-0.2, 0) is 6.61 Å². The first-order valence-corrected chi connectivity index (χ1v) is 8.47. The molecule has 1 heterocycles. The number of aromatic nitrogens is 1. The van der Waals surface area contributed by atoms with Crippen LogP contribution in [0.3, 0.4) is 0 Å². The van der Waals surface area contributed by atoms with Crippen molar-refractivity contribution in [2.45, 2.75) is 13.5 Å². The molecule has 0 amide bonds. The van der Waals surface area contributed by atoms with Gasteiger partial charge in [-0.2, -0.15) is 5.10 Å². The van der Waals surface area contributed by atoms with Gasteiger partial charge in [-0.3, -0.25) is 5.43 Å². The van der Waals surface area contributed by atoms with Crippen molar-refractivity contribution in [3.8, 4) is 5.75 Å². The minimum absolute atomic E-state index is 0.0357. The van der Waals surface area contributed by atoms with E-state index in [1.807, 2.05) is 12.3 Å². The normalized spacial score (nSPS) is 11.1. The van der Waals surface area contributed by atoms with Gasteiger partial charge in [0.25, 0.3) is 0 Å². The van der Waals surface area contributed by atoms with E-state index >= 15 is 0 Å². The minimum atomic E-state index is -0.598. The molecule has 0 bridgehead atoms. The summed E-state index contributed by atoms with van der Waals surface area (Å²) >= 11 is 1.40. The fourth-order valence-electron chi connectivity index (χ4n) is 2.11. The summed E-state index contributed by atoms with van der Waals surface area (Å²) in [6.45, 7) is 1.62. The Balaban J connectivity index is 1.74. The second-order valence-electron chi connectivity index (χ2n) is 5.37. The third kappa shape index (κ3) is 4.60. The molecule has 4 nitrogen and oxygen atoms in total. The van der Waals surface area contributed by atoms with Crippen molar-refractivity contribution >= 4 is 22.7 Å². The van der Waals surface area contributed by atoms with Crippen LogP contribution in [0, 0.1) is 24.4 Å². The van der Waals surface area contributed by atoms with Crippen molar-refractivity contribution in [1.29, 1.82) is 0 Å². The van der Waals surface area contributed by atoms with E-state index in [2.05, 4.69) is 15.5 Å². The molecule has 0 aliphatic rings. The summed E-state index contributed by atoms with van der Waals surface area (Å²) in [6.07, 6.45) is 1.44. The summed E-state index contributed by atoms with van der Waals surface area (Å²) in [5.74, 6) is -1.53. The maximum absolute atomic E-state index is 13.7. The summed E-state index contributed by atoms with van der Waals surface area (Å²) in [4.78, 5) is 4.20. The fourth-order valence-corrected chi connectivity index (χ4v) is 2.75. The molecule has 0 saturated heterocycles. The molecule has 1 N–H and O–H groups in total. The smallest absolute Gasteiger partial charge is 0.203 e. The van der Waals surface area contributed by atoms with Crippen LogP contribution in [0.15, 0.2) is 46.9 Å². The zero-order valence-electron chi connectivity index (χ0n) is 13.7. The Labute approximate surface area is 152 Å². The van der Waals surface area contributed by atoms with E-state index in [0.29, 0.717) is 10.7 Å². The van der Waals surface area contributed by atoms with Crippen LogP contribution in [0.5, 0.6) is 5.75 Å². The first-order chi connectivity index (χ1) is 12.5. The molecule has 0 fully saturated rings. The maximum atomic E-state index is 13.7. The second kappa shape index (κ2) is 8.01. The van der Waals surface area contributed by atoms with Crippen LogP contribution in [0.1, 0.15) is 16.8 Å². The number of benzene rings is 2. The number of thiazole rings is 1. The molecule has 0 radical (unpaired) electrons. The number of halogens is 3. The predicted octanol–water partition coefficient (Wildman–Crippen LogP) is 4.89. The number of hydrogen-bond donors (Lipinski definition) is 1. The van der Waals surface area contributed by atoms with E-state index in [4.69, 9.17) is 4.74 Å². The summed E-state index contributed by atoms with van der Waals surface area (Å²) in [5, 5.41) is 6.53. The number of hydrogen-bond acceptors (Lipinski definition) is 5. The van der Waals surface area contributed by atoms with Gasteiger partial charge < -0.3 is 4.74 Å². The minimum Gasteiger partial charge on any atom is -0.488 e. The summed E-state index contributed by atoms with van der Waals surface area (Å²) < 4.78 is 45.9. The number of nitrogens with zero attached hydrogens (tertiary/aromatic N) is 2. The van der Waals surface area contributed by atoms with Crippen LogP contribution < -0.4 is 10.2 Å². The zero-order chi connectivity index (χ0) is 18.5. The van der Waals surface area contributed by atoms with E-state index < -0.39 is 17.5 Å². The van der Waals surface area contributed by atoms with E-state index in [1.165, 1.54) is 29.7 Å². The number of ether oxygens (including phenoxy) is 1. The van der Waals surface area contributed by atoms with Crippen LogP contribution in [0.2, 0.25) is 0 Å². The highest BCUT2D eigenvalue weighted by Crippen LogP contribution is 2.21. The average Bonchev–Trinajstić information content (AvgIpc) is 3.02. The highest BCUT2D eigenvalue weighted by molar-refractivity contribution is 7.13. The van der Waals surface area contributed by atoms with Crippen molar-refractivity contribution in [2.24, 2.45) is 5.10 Å². The second-order valence-corrected chi connectivity index (χ2v) is 6.23. The Morgan fingerprint density at radius 2 is 1.92 bits per heavy atom. The molecule has 8 heteroatoms. The number of aryl methyl sites for hydroxylation is 1. The van der Waals surface area contributed by atoms with Gasteiger partial charge in [0.1, 0.15) is 29.8 Å². The van der Waals surface area contributed by atoms with Crippen molar-refractivity contribution in [3.63, 3.8) is 0 Å². The monoisotopic (exact) mass is 377 g/mol. The molecule has 26 heavy (non-hydrogen) atoms. The topological polar surface area (TPSA) is 46.5 Å². The highest BCUT2D eigenvalue weighted by atomic mass is 32.1. The molecule has 1 aromatic heterocycles. The van der Waals surface area contributed by atoms with Crippen LogP contribution in [0.4, 0.5) is 18.3 Å². The van der Waals surface area contributed by atoms with Gasteiger partial charge in [-0.05, 0) is 37.3 Å². The Kier molecular flexibility index (Phi) is 5.52. The molecule has 0 atom stereocenters. The Morgan fingerprint density at radius 3 is 2.69 bits per heavy atom. The van der Waals surface area contributed by atoms with Crippen molar-refractivity contribution < 1.29 is 17.9 Å². The van der Waals surface area contributed by atoms with Crippen LogP contribution >= 0.6 is 11.3 Å². The van der Waals surface area contributed by atoms with E-state index in [9.17, 15) is 13.2 Å². The molecular weight excluding hydrogens is 363 g/mol. The summed E-state index contributed by atoms with van der Waals surface area (Å²) in [6, 6.07) is 6.96. The van der Waals surface area contributed by atoms with Gasteiger partial charge in [0, 0.05) is 22.6 Å². The van der Waals surface area contributed by atoms with E-state index in [0.717, 1.165) is 30.0 Å². The quantitative estimate of drug-likeness (QED) is 0.491. The zero-order valence-corrected chi connectivity index (χ0v) is 14.5. The maximum Gasteiger partial charge on any atom is 0.203 e. The lowest BCUT2D eigenvalue weighted by molar-refractivity contribution is 0.297. The molecule has 0 spiro atoms. The van der Waals surface area contributed by atoms with Gasteiger partial charge in [-0.25, -0.2) is 18.2 Å². The van der Waals surface area contributed by atoms with Crippen molar-refractivity contribution in [3.05, 3.63) is 76.1 Å². The lowest BCUT2D eigenvalue weighted by Crippen LogP contribution is -2.02. The number of anilines is 1. The fraction of sp³-hybridized carbons (Fsp3) is 0.111. The number of hydrazone groups is 1. The largest absolute Gasteiger partial charge is 0.488 e. The van der Waals surface area contributed by atoms with Gasteiger partial charge in [0.15, 0.2) is 0 Å². The molecule has 2 aromatic carbocycles. The Morgan fingerprint density at radius 1 is 1.15 bits per heavy atom. The average molecular weight is 377 g/mol. The van der Waals surface area contributed by atoms with Crippen LogP contribution in [0.25, 0.3) is 0 Å². The first kappa shape index (κ1) is 17.9. The molecule has 0 saturated carbocycles. The Bertz CT molecular complexity index is 943. The predicted molar refractivity (Wildman–Crippen MR) is 95.2 cm³/mol. The SMILES string of the molecule is Cc1csc(NN=Cc2ccc(F)cc2OCc2cc(F)ccc2F)n1. The molecule has 3 aromatic rings. The molecule has 3 rings (SSSR count). The standard InChI is InChI=1S/C18H14F3N3OS/c1-11-10-26-18(23-11)24-22-8-12-2-3-15(20)7-17(12)25-9-13-6-14(19)4-5-16(13)21/h2-8,10H,9H2,1H3,(H,23,24). The highest BCUT2D eigenvalue weighted by Gasteiger charge is 2.08. The van der Waals surface area contributed by atoms with Crippen molar-refractivity contribution in [2.75, 3.05) is 5.43 Å². The summed E-state index contributed by atoms with van der Waals surface area (Å²) in [5.41, 5.74) is 4.15. The lowest BCUT2D eigenvalue weighted by atomic mass is 10.2. The lowest BCUT2D eigenvalue weighted by Gasteiger charge is -2.10. The first-order valence-electron chi connectivity index (χ1n) is 7.59. The molecule has 0 aliphatic carbocycles. The van der Waals surface area contributed by atoms with Gasteiger partial charge in [0.2, 0.25) is 5.13 Å². The van der Waals surface area contributed by atoms with Gasteiger partial charge in [-0.15, -0.1) is 11.3 Å². The third-order valence-corrected chi connectivity index (χ3v) is 4.21. The van der Waals surface area contributed by atoms with Crippen LogP contribution in [-0.4, -0.2) is 11.2 Å². The number of rotatable bonds is 6. The van der Waals surface area contributed by atoms with Gasteiger partial charge >= 0.3 is 0 Å². The van der Waals surface area contributed by atoms with Gasteiger partial charge in [-0.1, -0.05) is 0 Å². The molecule has 0 unspecified atom stereocenters. The number of nitrogens with one attached hydrogen (secondary N) is 1. The van der Waals surface area contributed by atoms with E-state index in [-0.39, 0.29) is 17.9 Å². The van der Waals surface area contributed by atoms with Gasteiger partial charge in [0.05, 0.1) is 11.9 Å². The summed E-state index contributed by atoms with van der Waals surface area (Å²) in [7, 11) is 0. The molecular formula is C18H14F3N3OS. The molecule has 0 aliphatic heterocycles. The third-order valence-electron chi connectivity index (χ3n) is 3.35. The van der Waals surface area contributed by atoms with Crippen molar-refractivity contribution in [1.82, 2.24) is 4.98 Å². The Hall–Kier alpha value is -2.87. The molecule has 134 valence electrons. The van der Waals surface area contributed by atoms with E-state index in [1.54, 1.807) is 0 Å².